The first-order valence-corrected chi connectivity index (χ1v) is 6.61. The Kier molecular flexibility index (Phi) is 4.21. The van der Waals surface area contributed by atoms with Crippen LogP contribution in [0.5, 0.6) is 5.75 Å². The summed E-state index contributed by atoms with van der Waals surface area (Å²) in [6.07, 6.45) is 1.01. The van der Waals surface area contributed by atoms with Crippen LogP contribution in [0.3, 0.4) is 0 Å². The van der Waals surface area contributed by atoms with Gasteiger partial charge in [0.15, 0.2) is 4.77 Å². The third-order valence-corrected chi connectivity index (χ3v) is 3.26. The number of rotatable bonds is 5. The van der Waals surface area contributed by atoms with Crippen LogP contribution in [0.25, 0.3) is 0 Å². The molecular weight excluding hydrogens is 260 g/mol. The fourth-order valence-corrected chi connectivity index (χ4v) is 2.13. The van der Waals surface area contributed by atoms with Gasteiger partial charge in [-0.05, 0) is 42.9 Å². The Morgan fingerprint density at radius 1 is 1.37 bits per heavy atom. The highest BCUT2D eigenvalue weighted by Crippen LogP contribution is 2.24. The largest absolute Gasteiger partial charge is 0.497 e. The van der Waals surface area contributed by atoms with Crippen molar-refractivity contribution in [2.24, 2.45) is 0 Å². The molecule has 19 heavy (non-hydrogen) atoms. The van der Waals surface area contributed by atoms with Gasteiger partial charge < -0.3 is 9.64 Å². The average molecular weight is 278 g/mol. The fourth-order valence-electron chi connectivity index (χ4n) is 1.91. The maximum atomic E-state index is 5.25. The van der Waals surface area contributed by atoms with Crippen molar-refractivity contribution in [2.45, 2.75) is 19.9 Å². The standard InChI is InChI=1S/C13H18N4OS/c1-4-9-17-12(14-15-13(17)19)16(2)10-5-7-11(18-3)8-6-10/h5-8H,4,9H2,1-3H3,(H,15,19). The molecule has 0 amide bonds. The lowest BCUT2D eigenvalue weighted by Crippen LogP contribution is -2.15. The summed E-state index contributed by atoms with van der Waals surface area (Å²) >= 11 is 5.25. The van der Waals surface area contributed by atoms with Crippen molar-refractivity contribution < 1.29 is 4.74 Å². The first-order chi connectivity index (χ1) is 9.17. The Morgan fingerprint density at radius 2 is 2.05 bits per heavy atom. The van der Waals surface area contributed by atoms with Crippen LogP contribution >= 0.6 is 12.2 Å². The number of aromatic amines is 1. The second-order valence-electron chi connectivity index (χ2n) is 4.24. The quantitative estimate of drug-likeness (QED) is 0.854. The molecule has 0 atom stereocenters. The van der Waals surface area contributed by atoms with Crippen molar-refractivity contribution in [2.75, 3.05) is 19.1 Å². The smallest absolute Gasteiger partial charge is 0.229 e. The van der Waals surface area contributed by atoms with Crippen molar-refractivity contribution in [3.05, 3.63) is 29.0 Å². The van der Waals surface area contributed by atoms with Crippen LogP contribution in [-0.2, 0) is 6.54 Å². The minimum Gasteiger partial charge on any atom is -0.497 e. The molecule has 0 aliphatic carbocycles. The maximum Gasteiger partial charge on any atom is 0.229 e. The summed E-state index contributed by atoms with van der Waals surface area (Å²) in [5.74, 6) is 1.65. The van der Waals surface area contributed by atoms with Crippen LogP contribution in [-0.4, -0.2) is 28.9 Å². The molecule has 0 saturated carbocycles. The van der Waals surface area contributed by atoms with Crippen LogP contribution in [0.15, 0.2) is 24.3 Å². The SMILES string of the molecule is CCCn1c(N(C)c2ccc(OC)cc2)n[nH]c1=S. The highest BCUT2D eigenvalue weighted by molar-refractivity contribution is 7.71. The number of nitrogens with one attached hydrogen (secondary N) is 1. The lowest BCUT2D eigenvalue weighted by molar-refractivity contribution is 0.415. The molecule has 0 aliphatic rings. The van der Waals surface area contributed by atoms with Crippen molar-refractivity contribution in [1.29, 1.82) is 0 Å². The zero-order chi connectivity index (χ0) is 13.8. The van der Waals surface area contributed by atoms with Crippen molar-refractivity contribution in [3.8, 4) is 5.75 Å². The van der Waals surface area contributed by atoms with Gasteiger partial charge in [0, 0.05) is 19.3 Å². The van der Waals surface area contributed by atoms with E-state index < -0.39 is 0 Å². The lowest BCUT2D eigenvalue weighted by atomic mass is 10.3. The summed E-state index contributed by atoms with van der Waals surface area (Å²) in [6, 6.07) is 7.84. The fraction of sp³-hybridized carbons (Fsp3) is 0.385. The van der Waals surface area contributed by atoms with Gasteiger partial charge in [-0.1, -0.05) is 6.92 Å². The summed E-state index contributed by atoms with van der Waals surface area (Å²) in [5.41, 5.74) is 1.03. The van der Waals surface area contributed by atoms with E-state index in [0.29, 0.717) is 4.77 Å². The van der Waals surface area contributed by atoms with Crippen LogP contribution in [0, 0.1) is 4.77 Å². The topological polar surface area (TPSA) is 46.1 Å². The monoisotopic (exact) mass is 278 g/mol. The van der Waals surface area contributed by atoms with Gasteiger partial charge in [0.25, 0.3) is 0 Å². The average Bonchev–Trinajstić information content (AvgIpc) is 2.80. The Hall–Kier alpha value is -1.82. The van der Waals surface area contributed by atoms with Crippen LogP contribution in [0.1, 0.15) is 13.3 Å². The Labute approximate surface area is 117 Å². The molecule has 1 aromatic carbocycles. The third-order valence-electron chi connectivity index (χ3n) is 2.95. The zero-order valence-electron chi connectivity index (χ0n) is 11.4. The van der Waals surface area contributed by atoms with Crippen molar-refractivity contribution >= 4 is 23.9 Å². The van der Waals surface area contributed by atoms with Crippen molar-refractivity contribution in [3.63, 3.8) is 0 Å². The van der Waals surface area contributed by atoms with Gasteiger partial charge in [0.2, 0.25) is 5.95 Å². The minimum absolute atomic E-state index is 0.650. The Bertz CT molecular complexity index is 587. The van der Waals surface area contributed by atoms with E-state index >= 15 is 0 Å². The molecule has 6 heteroatoms. The van der Waals surface area contributed by atoms with Crippen LogP contribution in [0.2, 0.25) is 0 Å². The molecule has 102 valence electrons. The molecule has 0 fully saturated rings. The third kappa shape index (κ3) is 2.78. The number of anilines is 2. The second-order valence-corrected chi connectivity index (χ2v) is 4.62. The minimum atomic E-state index is 0.650. The Morgan fingerprint density at radius 3 is 2.63 bits per heavy atom. The van der Waals surface area contributed by atoms with Gasteiger partial charge >= 0.3 is 0 Å². The first kappa shape index (κ1) is 13.6. The molecule has 1 aromatic heterocycles. The summed E-state index contributed by atoms with van der Waals surface area (Å²) in [7, 11) is 3.63. The van der Waals surface area contributed by atoms with E-state index in [-0.39, 0.29) is 0 Å². The van der Waals surface area contributed by atoms with Crippen LogP contribution < -0.4 is 9.64 Å². The van der Waals surface area contributed by atoms with Gasteiger partial charge in [-0.15, -0.1) is 5.10 Å². The van der Waals surface area contributed by atoms with Gasteiger partial charge in [0.05, 0.1) is 7.11 Å². The lowest BCUT2D eigenvalue weighted by Gasteiger charge is -2.19. The molecule has 0 saturated heterocycles. The van der Waals surface area contributed by atoms with E-state index in [2.05, 4.69) is 17.1 Å². The van der Waals surface area contributed by atoms with Gasteiger partial charge in [-0.25, -0.2) is 5.10 Å². The molecule has 0 unspecified atom stereocenters. The van der Waals surface area contributed by atoms with Crippen molar-refractivity contribution in [1.82, 2.24) is 14.8 Å². The summed E-state index contributed by atoms with van der Waals surface area (Å²) < 4.78 is 7.81. The highest BCUT2D eigenvalue weighted by Gasteiger charge is 2.12. The Balaban J connectivity index is 2.32. The van der Waals surface area contributed by atoms with E-state index in [4.69, 9.17) is 17.0 Å². The number of benzene rings is 1. The number of H-pyrrole nitrogens is 1. The molecule has 1 N–H and O–H groups in total. The summed E-state index contributed by atoms with van der Waals surface area (Å²) in [5, 5.41) is 7.14. The molecule has 0 radical (unpaired) electrons. The number of methoxy groups -OCH3 is 1. The second kappa shape index (κ2) is 5.88. The summed E-state index contributed by atoms with van der Waals surface area (Å²) in [6.45, 7) is 2.97. The maximum absolute atomic E-state index is 5.25. The zero-order valence-corrected chi connectivity index (χ0v) is 12.2. The first-order valence-electron chi connectivity index (χ1n) is 6.20. The predicted molar refractivity (Wildman–Crippen MR) is 78.8 cm³/mol. The number of aromatic nitrogens is 3. The van der Waals surface area contributed by atoms with Gasteiger partial charge in [0.1, 0.15) is 5.75 Å². The molecular formula is C13H18N4OS. The van der Waals surface area contributed by atoms with Crippen LogP contribution in [0.4, 0.5) is 11.6 Å². The number of hydrogen-bond donors (Lipinski definition) is 1. The predicted octanol–water partition coefficient (Wildman–Crippen LogP) is 3.13. The molecule has 0 spiro atoms. The molecule has 1 heterocycles. The van der Waals surface area contributed by atoms with E-state index in [9.17, 15) is 0 Å². The number of hydrogen-bond acceptors (Lipinski definition) is 4. The van der Waals surface area contributed by atoms with E-state index in [0.717, 1.165) is 30.4 Å². The molecule has 5 nitrogen and oxygen atoms in total. The van der Waals surface area contributed by atoms with Gasteiger partial charge in [-0.2, -0.15) is 0 Å². The molecule has 2 aromatic rings. The number of nitrogens with zero attached hydrogens (tertiary/aromatic N) is 3. The van der Waals surface area contributed by atoms with E-state index in [1.807, 2.05) is 40.8 Å². The van der Waals surface area contributed by atoms with E-state index in [1.54, 1.807) is 7.11 Å². The summed E-state index contributed by atoms with van der Waals surface area (Å²) in [4.78, 5) is 2.00. The normalized spacial score (nSPS) is 10.5. The van der Waals surface area contributed by atoms with E-state index in [1.165, 1.54) is 0 Å². The molecule has 0 bridgehead atoms. The van der Waals surface area contributed by atoms with Gasteiger partial charge in [-0.3, -0.25) is 4.57 Å². The number of ether oxygens (including phenoxy) is 1. The molecule has 0 aliphatic heterocycles. The molecule has 2 rings (SSSR count). The highest BCUT2D eigenvalue weighted by atomic mass is 32.1.